The van der Waals surface area contributed by atoms with E-state index in [2.05, 4.69) is 27.7 Å². The smallest absolute Gasteiger partial charge is 0.252 e. The van der Waals surface area contributed by atoms with Crippen LogP contribution in [0.2, 0.25) is 0 Å². The van der Waals surface area contributed by atoms with E-state index in [1.165, 1.54) is 0 Å². The van der Waals surface area contributed by atoms with Crippen LogP contribution in [-0.4, -0.2) is 58.8 Å². The number of rotatable bonds is 7. The summed E-state index contributed by atoms with van der Waals surface area (Å²) in [5.41, 5.74) is 3.72. The van der Waals surface area contributed by atoms with Crippen LogP contribution in [0.1, 0.15) is 35.5 Å². The second-order valence-corrected chi connectivity index (χ2v) is 9.98. The molecule has 7 heteroatoms. The zero-order valence-corrected chi connectivity index (χ0v) is 20.8. The number of benzene rings is 2. The molecule has 1 aliphatic heterocycles. The number of carbonyl (C=O) groups is 2. The van der Waals surface area contributed by atoms with E-state index in [-0.39, 0.29) is 17.7 Å². The van der Waals surface area contributed by atoms with Crippen LogP contribution in [0, 0.1) is 12.8 Å². The summed E-state index contributed by atoms with van der Waals surface area (Å²) in [6, 6.07) is 17.1. The van der Waals surface area contributed by atoms with Crippen LogP contribution in [0.15, 0.2) is 60.0 Å². The number of hydrogen-bond donors (Lipinski definition) is 1. The lowest BCUT2D eigenvalue weighted by Gasteiger charge is -2.37. The Hall–Kier alpha value is -3.03. The Kier molecular flexibility index (Phi) is 7.75. The van der Waals surface area contributed by atoms with E-state index in [4.69, 9.17) is 4.98 Å². The molecule has 6 nitrogen and oxygen atoms in total. The summed E-state index contributed by atoms with van der Waals surface area (Å²) in [4.78, 5) is 35.1. The van der Waals surface area contributed by atoms with Crippen LogP contribution < -0.4 is 5.32 Å². The van der Waals surface area contributed by atoms with Crippen molar-refractivity contribution in [2.45, 2.75) is 33.4 Å². The molecule has 3 aromatic rings. The second-order valence-electron chi connectivity index (χ2n) is 9.12. The van der Waals surface area contributed by atoms with Gasteiger partial charge in [0.05, 0.1) is 5.69 Å². The van der Waals surface area contributed by atoms with Gasteiger partial charge in [0.1, 0.15) is 11.0 Å². The Morgan fingerprint density at radius 1 is 1.00 bits per heavy atom. The third kappa shape index (κ3) is 5.72. The first-order chi connectivity index (χ1) is 16.4. The van der Waals surface area contributed by atoms with Crippen LogP contribution in [0.4, 0.5) is 0 Å². The molecule has 0 aliphatic carbocycles. The minimum Gasteiger partial charge on any atom is -0.340 e. The van der Waals surface area contributed by atoms with E-state index in [1.54, 1.807) is 17.4 Å². The van der Waals surface area contributed by atoms with Gasteiger partial charge in [0.2, 0.25) is 5.91 Å². The van der Waals surface area contributed by atoms with Gasteiger partial charge >= 0.3 is 0 Å². The minimum atomic E-state index is -0.536. The van der Waals surface area contributed by atoms with Crippen LogP contribution in [0.5, 0.6) is 0 Å². The van der Waals surface area contributed by atoms with Gasteiger partial charge in [0.25, 0.3) is 5.91 Å². The molecule has 4 rings (SSSR count). The quantitative estimate of drug-likeness (QED) is 0.555. The van der Waals surface area contributed by atoms with Crippen molar-refractivity contribution in [2.75, 3.05) is 26.2 Å². The van der Waals surface area contributed by atoms with Gasteiger partial charge in [-0.3, -0.25) is 14.5 Å². The first kappa shape index (κ1) is 24.1. The van der Waals surface area contributed by atoms with Crippen molar-refractivity contribution in [3.05, 3.63) is 76.8 Å². The second kappa shape index (κ2) is 10.9. The molecule has 1 saturated heterocycles. The van der Waals surface area contributed by atoms with E-state index in [0.717, 1.165) is 41.5 Å². The molecule has 34 heavy (non-hydrogen) atoms. The van der Waals surface area contributed by atoms with Crippen LogP contribution in [0.3, 0.4) is 0 Å². The standard InChI is InChI=1S/C27H32N4O2S/c1-19(2)24(29-25(32)23-12-8-7-9-20(23)3)27(33)31-15-13-30(14-16-31)17-22-18-34-26(28-22)21-10-5-4-6-11-21/h4-12,18-19,24H,13-17H2,1-3H3,(H,29,32)/t24-/m1/s1. The molecule has 1 aliphatic rings. The largest absolute Gasteiger partial charge is 0.340 e. The summed E-state index contributed by atoms with van der Waals surface area (Å²) >= 11 is 1.67. The summed E-state index contributed by atoms with van der Waals surface area (Å²) in [6.45, 7) is 9.53. The molecule has 2 heterocycles. The molecule has 1 fully saturated rings. The average molecular weight is 477 g/mol. The van der Waals surface area contributed by atoms with Gasteiger partial charge in [-0.2, -0.15) is 0 Å². The number of nitrogens with zero attached hydrogens (tertiary/aromatic N) is 3. The Bertz CT molecular complexity index is 1120. The molecule has 2 aromatic carbocycles. The van der Waals surface area contributed by atoms with Crippen LogP contribution in [0.25, 0.3) is 10.6 Å². The third-order valence-electron chi connectivity index (χ3n) is 6.25. The monoisotopic (exact) mass is 476 g/mol. The van der Waals surface area contributed by atoms with Gasteiger partial charge in [-0.05, 0) is 24.5 Å². The predicted molar refractivity (Wildman–Crippen MR) is 137 cm³/mol. The fourth-order valence-electron chi connectivity index (χ4n) is 4.21. The van der Waals surface area contributed by atoms with E-state index < -0.39 is 6.04 Å². The van der Waals surface area contributed by atoms with Crippen molar-refractivity contribution in [3.63, 3.8) is 0 Å². The minimum absolute atomic E-state index is 0.00314. The number of carbonyl (C=O) groups excluding carboxylic acids is 2. The Morgan fingerprint density at radius 2 is 1.68 bits per heavy atom. The Labute approximate surface area is 205 Å². The molecule has 0 spiro atoms. The highest BCUT2D eigenvalue weighted by Crippen LogP contribution is 2.24. The lowest BCUT2D eigenvalue weighted by atomic mass is 10.0. The molecule has 0 saturated carbocycles. The maximum atomic E-state index is 13.3. The van der Waals surface area contributed by atoms with Crippen molar-refractivity contribution in [3.8, 4) is 10.6 Å². The van der Waals surface area contributed by atoms with Gasteiger partial charge in [0, 0.05) is 49.2 Å². The fourth-order valence-corrected chi connectivity index (χ4v) is 5.02. The zero-order chi connectivity index (χ0) is 24.1. The van der Waals surface area contributed by atoms with Crippen molar-refractivity contribution in [2.24, 2.45) is 5.92 Å². The SMILES string of the molecule is Cc1ccccc1C(=O)N[C@@H](C(=O)N1CCN(Cc2csc(-c3ccccc3)n2)CC1)C(C)C. The lowest BCUT2D eigenvalue weighted by molar-refractivity contribution is -0.136. The van der Waals surface area contributed by atoms with Crippen LogP contribution in [-0.2, 0) is 11.3 Å². The number of nitrogens with one attached hydrogen (secondary N) is 1. The first-order valence-electron chi connectivity index (χ1n) is 11.8. The molecule has 1 atom stereocenters. The molecule has 0 unspecified atom stereocenters. The number of aryl methyl sites for hydroxylation is 1. The van der Waals surface area contributed by atoms with Crippen molar-refractivity contribution in [1.82, 2.24) is 20.1 Å². The molecule has 2 amide bonds. The highest BCUT2D eigenvalue weighted by molar-refractivity contribution is 7.13. The van der Waals surface area contributed by atoms with Gasteiger partial charge in [-0.25, -0.2) is 4.98 Å². The number of thiazole rings is 1. The summed E-state index contributed by atoms with van der Waals surface area (Å²) in [5, 5.41) is 6.14. The summed E-state index contributed by atoms with van der Waals surface area (Å²) in [7, 11) is 0. The van der Waals surface area contributed by atoms with Crippen LogP contribution >= 0.6 is 11.3 Å². The first-order valence-corrected chi connectivity index (χ1v) is 12.7. The van der Waals surface area contributed by atoms with Gasteiger partial charge < -0.3 is 10.2 Å². The Balaban J connectivity index is 1.32. The third-order valence-corrected chi connectivity index (χ3v) is 7.19. The van der Waals surface area contributed by atoms with Crippen molar-refractivity contribution < 1.29 is 9.59 Å². The highest BCUT2D eigenvalue weighted by atomic mass is 32.1. The number of piperazine rings is 1. The van der Waals surface area contributed by atoms with E-state index in [9.17, 15) is 9.59 Å². The zero-order valence-electron chi connectivity index (χ0n) is 20.0. The number of hydrogen-bond acceptors (Lipinski definition) is 5. The molecule has 0 bridgehead atoms. The number of aromatic nitrogens is 1. The molecule has 1 N–H and O–H groups in total. The molecule has 1 aromatic heterocycles. The fraction of sp³-hybridized carbons (Fsp3) is 0.370. The Morgan fingerprint density at radius 3 is 2.35 bits per heavy atom. The molecular weight excluding hydrogens is 444 g/mol. The lowest BCUT2D eigenvalue weighted by Crippen LogP contribution is -2.56. The van der Waals surface area contributed by atoms with E-state index in [1.807, 2.05) is 62.1 Å². The molecule has 0 radical (unpaired) electrons. The summed E-state index contributed by atoms with van der Waals surface area (Å²) in [6.07, 6.45) is 0. The van der Waals surface area contributed by atoms with Gasteiger partial charge in [-0.15, -0.1) is 11.3 Å². The van der Waals surface area contributed by atoms with Crippen molar-refractivity contribution >= 4 is 23.2 Å². The van der Waals surface area contributed by atoms with Gasteiger partial charge in [0.15, 0.2) is 0 Å². The highest BCUT2D eigenvalue weighted by Gasteiger charge is 2.31. The molecular formula is C27H32N4O2S. The maximum absolute atomic E-state index is 13.3. The summed E-state index contributed by atoms with van der Waals surface area (Å²) in [5.74, 6) is -0.192. The maximum Gasteiger partial charge on any atom is 0.252 e. The number of amides is 2. The van der Waals surface area contributed by atoms with Gasteiger partial charge in [-0.1, -0.05) is 62.4 Å². The van der Waals surface area contributed by atoms with Crippen molar-refractivity contribution in [1.29, 1.82) is 0 Å². The normalized spacial score (nSPS) is 15.4. The average Bonchev–Trinajstić information content (AvgIpc) is 3.31. The van der Waals surface area contributed by atoms with E-state index in [0.29, 0.717) is 18.7 Å². The van der Waals surface area contributed by atoms with E-state index >= 15 is 0 Å². The topological polar surface area (TPSA) is 65.5 Å². The predicted octanol–water partition coefficient (Wildman–Crippen LogP) is 4.22. The molecule has 178 valence electrons. The summed E-state index contributed by atoms with van der Waals surface area (Å²) < 4.78 is 0.